The SMILES string of the molecule is CCC(C)CN(C)C(=O)N1CC(=O)NCC1C(=O)O. The summed E-state index contributed by atoms with van der Waals surface area (Å²) in [4.78, 5) is 37.3. The highest BCUT2D eigenvalue weighted by molar-refractivity contribution is 5.90. The molecule has 2 atom stereocenters. The lowest BCUT2D eigenvalue weighted by molar-refractivity contribution is -0.144. The second-order valence-electron chi connectivity index (χ2n) is 4.96. The number of amides is 3. The molecule has 2 unspecified atom stereocenters. The van der Waals surface area contributed by atoms with Crippen molar-refractivity contribution in [2.75, 3.05) is 26.7 Å². The number of carbonyl (C=O) groups excluding carboxylic acids is 2. The van der Waals surface area contributed by atoms with Crippen LogP contribution in [0.1, 0.15) is 20.3 Å². The fourth-order valence-electron chi connectivity index (χ4n) is 1.96. The Morgan fingerprint density at radius 1 is 1.58 bits per heavy atom. The van der Waals surface area contributed by atoms with Crippen LogP contribution in [0.3, 0.4) is 0 Å². The maximum absolute atomic E-state index is 12.2. The number of piperazine rings is 1. The Bertz CT molecular complexity index is 372. The van der Waals surface area contributed by atoms with E-state index in [2.05, 4.69) is 5.32 Å². The van der Waals surface area contributed by atoms with E-state index in [4.69, 9.17) is 5.11 Å². The third-order valence-electron chi connectivity index (χ3n) is 3.32. The van der Waals surface area contributed by atoms with Gasteiger partial charge in [0, 0.05) is 20.1 Å². The van der Waals surface area contributed by atoms with Crippen LogP contribution < -0.4 is 5.32 Å². The van der Waals surface area contributed by atoms with Gasteiger partial charge >= 0.3 is 12.0 Å². The summed E-state index contributed by atoms with van der Waals surface area (Å²) >= 11 is 0. The summed E-state index contributed by atoms with van der Waals surface area (Å²) in [6.07, 6.45) is 0.931. The number of carboxylic acid groups (broad SMARTS) is 1. The van der Waals surface area contributed by atoms with Crippen molar-refractivity contribution in [1.29, 1.82) is 0 Å². The van der Waals surface area contributed by atoms with Crippen LogP contribution >= 0.6 is 0 Å². The zero-order chi connectivity index (χ0) is 14.6. The number of carboxylic acids is 1. The predicted molar refractivity (Wildman–Crippen MR) is 68.6 cm³/mol. The first-order chi connectivity index (χ1) is 8.86. The van der Waals surface area contributed by atoms with Crippen LogP contribution in [0.5, 0.6) is 0 Å². The largest absolute Gasteiger partial charge is 0.480 e. The number of rotatable bonds is 4. The number of carbonyl (C=O) groups is 3. The molecule has 0 bridgehead atoms. The molecule has 3 amide bonds. The number of hydrogen-bond acceptors (Lipinski definition) is 3. The molecule has 1 rings (SSSR count). The number of nitrogens with one attached hydrogen (secondary N) is 1. The van der Waals surface area contributed by atoms with Gasteiger partial charge in [0.2, 0.25) is 5.91 Å². The van der Waals surface area contributed by atoms with E-state index in [0.717, 1.165) is 11.3 Å². The minimum absolute atomic E-state index is 0.0446. The van der Waals surface area contributed by atoms with Gasteiger partial charge in [-0.25, -0.2) is 9.59 Å². The van der Waals surface area contributed by atoms with Gasteiger partial charge in [-0.3, -0.25) is 9.69 Å². The predicted octanol–water partition coefficient (Wildman–Crippen LogP) is -0.0307. The minimum Gasteiger partial charge on any atom is -0.480 e. The summed E-state index contributed by atoms with van der Waals surface area (Å²) in [5, 5.41) is 11.5. The molecule has 0 aromatic carbocycles. The molecule has 1 aliphatic heterocycles. The first kappa shape index (κ1) is 15.3. The highest BCUT2D eigenvalue weighted by atomic mass is 16.4. The first-order valence-electron chi connectivity index (χ1n) is 6.38. The molecule has 0 aliphatic carbocycles. The number of urea groups is 1. The molecular weight excluding hydrogens is 250 g/mol. The Balaban J connectivity index is 2.75. The summed E-state index contributed by atoms with van der Waals surface area (Å²) in [6, 6.07) is -1.41. The van der Waals surface area contributed by atoms with Gasteiger partial charge in [0.15, 0.2) is 0 Å². The molecule has 1 heterocycles. The maximum Gasteiger partial charge on any atom is 0.328 e. The van der Waals surface area contributed by atoms with Gasteiger partial charge in [-0.2, -0.15) is 0 Å². The second kappa shape index (κ2) is 6.40. The van der Waals surface area contributed by atoms with E-state index in [1.165, 1.54) is 4.90 Å². The molecule has 0 saturated carbocycles. The van der Waals surface area contributed by atoms with Crippen LogP contribution in [0.15, 0.2) is 0 Å². The zero-order valence-electron chi connectivity index (χ0n) is 11.5. The molecule has 0 spiro atoms. The van der Waals surface area contributed by atoms with E-state index in [1.54, 1.807) is 7.05 Å². The van der Waals surface area contributed by atoms with E-state index in [-0.39, 0.29) is 19.0 Å². The van der Waals surface area contributed by atoms with Gasteiger partial charge in [0.25, 0.3) is 0 Å². The van der Waals surface area contributed by atoms with Gasteiger partial charge in [-0.15, -0.1) is 0 Å². The monoisotopic (exact) mass is 271 g/mol. The molecule has 7 nitrogen and oxygen atoms in total. The summed E-state index contributed by atoms with van der Waals surface area (Å²) in [5.41, 5.74) is 0. The molecule has 1 fully saturated rings. The van der Waals surface area contributed by atoms with Crippen LogP contribution in [-0.2, 0) is 9.59 Å². The van der Waals surface area contributed by atoms with Gasteiger partial charge in [0.1, 0.15) is 12.6 Å². The average molecular weight is 271 g/mol. The molecular formula is C12H21N3O4. The Hall–Kier alpha value is -1.79. The van der Waals surface area contributed by atoms with Crippen molar-refractivity contribution in [3.8, 4) is 0 Å². The highest BCUT2D eigenvalue weighted by Crippen LogP contribution is 2.10. The lowest BCUT2D eigenvalue weighted by Gasteiger charge is -2.36. The summed E-state index contributed by atoms with van der Waals surface area (Å²) < 4.78 is 0. The van der Waals surface area contributed by atoms with Gasteiger partial charge < -0.3 is 15.3 Å². The standard InChI is InChI=1S/C12H21N3O4/c1-4-8(2)6-14(3)12(19)15-7-10(16)13-5-9(15)11(17)18/h8-9H,4-7H2,1-3H3,(H,13,16)(H,17,18). The topological polar surface area (TPSA) is 90.0 Å². The summed E-state index contributed by atoms with van der Waals surface area (Å²) in [7, 11) is 1.62. The molecule has 0 aromatic heterocycles. The summed E-state index contributed by atoms with van der Waals surface area (Å²) in [5.74, 6) is -1.11. The van der Waals surface area contributed by atoms with Crippen LogP contribution in [-0.4, -0.2) is 65.5 Å². The molecule has 2 N–H and O–H groups in total. The lowest BCUT2D eigenvalue weighted by atomic mass is 10.1. The quantitative estimate of drug-likeness (QED) is 0.751. The fourth-order valence-corrected chi connectivity index (χ4v) is 1.96. The van der Waals surface area contributed by atoms with Crippen LogP contribution in [0.25, 0.3) is 0 Å². The number of aliphatic carboxylic acids is 1. The van der Waals surface area contributed by atoms with Crippen molar-refractivity contribution in [1.82, 2.24) is 15.1 Å². The average Bonchev–Trinajstić information content (AvgIpc) is 2.36. The molecule has 19 heavy (non-hydrogen) atoms. The highest BCUT2D eigenvalue weighted by Gasteiger charge is 2.36. The molecule has 7 heteroatoms. The minimum atomic E-state index is -1.11. The van der Waals surface area contributed by atoms with Crippen molar-refractivity contribution in [2.24, 2.45) is 5.92 Å². The van der Waals surface area contributed by atoms with Gasteiger partial charge in [-0.1, -0.05) is 20.3 Å². The third-order valence-corrected chi connectivity index (χ3v) is 3.32. The smallest absolute Gasteiger partial charge is 0.328 e. The van der Waals surface area contributed by atoms with Gasteiger partial charge in [-0.05, 0) is 5.92 Å². The Kier molecular flexibility index (Phi) is 5.14. The van der Waals surface area contributed by atoms with Crippen LogP contribution in [0.2, 0.25) is 0 Å². The van der Waals surface area contributed by atoms with E-state index < -0.39 is 18.0 Å². The Morgan fingerprint density at radius 2 is 2.21 bits per heavy atom. The van der Waals surface area contributed by atoms with Crippen LogP contribution in [0, 0.1) is 5.92 Å². The van der Waals surface area contributed by atoms with Crippen molar-refractivity contribution in [3.63, 3.8) is 0 Å². The van der Waals surface area contributed by atoms with Crippen molar-refractivity contribution in [3.05, 3.63) is 0 Å². The molecule has 0 radical (unpaired) electrons. The fraction of sp³-hybridized carbons (Fsp3) is 0.750. The maximum atomic E-state index is 12.2. The molecule has 0 aromatic rings. The van der Waals surface area contributed by atoms with E-state index in [0.29, 0.717) is 12.5 Å². The zero-order valence-corrected chi connectivity index (χ0v) is 11.5. The summed E-state index contributed by atoms with van der Waals surface area (Å²) in [6.45, 7) is 4.33. The second-order valence-corrected chi connectivity index (χ2v) is 4.96. The van der Waals surface area contributed by atoms with Crippen molar-refractivity contribution >= 4 is 17.9 Å². The van der Waals surface area contributed by atoms with Gasteiger partial charge in [0.05, 0.1) is 0 Å². The number of nitrogens with zero attached hydrogens (tertiary/aromatic N) is 2. The van der Waals surface area contributed by atoms with E-state index >= 15 is 0 Å². The Morgan fingerprint density at radius 3 is 2.74 bits per heavy atom. The van der Waals surface area contributed by atoms with E-state index in [1.807, 2.05) is 13.8 Å². The van der Waals surface area contributed by atoms with Crippen molar-refractivity contribution in [2.45, 2.75) is 26.3 Å². The van der Waals surface area contributed by atoms with E-state index in [9.17, 15) is 14.4 Å². The third kappa shape index (κ3) is 3.84. The van der Waals surface area contributed by atoms with Crippen LogP contribution in [0.4, 0.5) is 4.79 Å². The lowest BCUT2D eigenvalue weighted by Crippen LogP contribution is -2.61. The molecule has 1 aliphatic rings. The Labute approximate surface area is 112 Å². The molecule has 1 saturated heterocycles. The normalized spacial score (nSPS) is 20.7. The molecule has 108 valence electrons. The number of hydrogen-bond donors (Lipinski definition) is 2. The van der Waals surface area contributed by atoms with Crippen molar-refractivity contribution < 1.29 is 19.5 Å². The first-order valence-corrected chi connectivity index (χ1v) is 6.38.